The molecule has 1 saturated carbocycles. The second-order valence-electron chi connectivity index (χ2n) is 9.55. The van der Waals surface area contributed by atoms with Gasteiger partial charge in [0, 0.05) is 43.5 Å². The number of hydrogen-bond acceptors (Lipinski definition) is 6. The van der Waals surface area contributed by atoms with Gasteiger partial charge in [0.05, 0.1) is 16.6 Å². The zero-order valence-corrected chi connectivity index (χ0v) is 18.8. The van der Waals surface area contributed by atoms with Gasteiger partial charge in [-0.3, -0.25) is 14.6 Å². The molecule has 1 aliphatic rings. The standard InChI is InChI=1S/C24H29N5O3/c1-24(2,3)13-19-21-17(12-18(16-4-5-16)28-23(21)32-29-19)22(31)26-11-8-20(30)27-14-15-6-9-25-10-7-15/h6-7,9-10,12,16H,4-5,8,11,13-14H2,1-3H3,(H,26,31)(H,27,30). The van der Waals surface area contributed by atoms with Gasteiger partial charge in [0.2, 0.25) is 5.91 Å². The molecule has 2 amide bonds. The van der Waals surface area contributed by atoms with Crippen LogP contribution in [0.5, 0.6) is 0 Å². The van der Waals surface area contributed by atoms with Crippen LogP contribution in [0.25, 0.3) is 11.1 Å². The molecule has 0 atom stereocenters. The maximum Gasteiger partial charge on any atom is 0.259 e. The average Bonchev–Trinajstić information content (AvgIpc) is 3.53. The molecule has 0 spiro atoms. The van der Waals surface area contributed by atoms with Gasteiger partial charge < -0.3 is 15.2 Å². The zero-order valence-electron chi connectivity index (χ0n) is 18.8. The molecule has 8 heteroatoms. The Labute approximate surface area is 187 Å². The van der Waals surface area contributed by atoms with Crippen LogP contribution in [-0.4, -0.2) is 33.5 Å². The largest absolute Gasteiger partial charge is 0.352 e. The Bertz CT molecular complexity index is 1110. The van der Waals surface area contributed by atoms with E-state index in [0.717, 1.165) is 29.8 Å². The van der Waals surface area contributed by atoms with Crippen LogP contribution in [0.1, 0.15) is 73.3 Å². The molecule has 1 fully saturated rings. The lowest BCUT2D eigenvalue weighted by Gasteiger charge is -2.16. The van der Waals surface area contributed by atoms with E-state index in [2.05, 4.69) is 46.5 Å². The number of carbonyl (C=O) groups excluding carboxylic acids is 2. The second-order valence-corrected chi connectivity index (χ2v) is 9.55. The minimum absolute atomic E-state index is 0.0143. The van der Waals surface area contributed by atoms with E-state index in [4.69, 9.17) is 4.52 Å². The summed E-state index contributed by atoms with van der Waals surface area (Å²) in [5.41, 5.74) is 3.50. The molecule has 0 aromatic carbocycles. The Morgan fingerprint density at radius 3 is 2.59 bits per heavy atom. The number of amides is 2. The monoisotopic (exact) mass is 435 g/mol. The van der Waals surface area contributed by atoms with Crippen LogP contribution in [0.2, 0.25) is 0 Å². The molecule has 2 N–H and O–H groups in total. The Hall–Kier alpha value is -3.29. The summed E-state index contributed by atoms with van der Waals surface area (Å²) >= 11 is 0. The number of fused-ring (bicyclic) bond motifs is 1. The summed E-state index contributed by atoms with van der Waals surface area (Å²) in [6.07, 6.45) is 6.37. The van der Waals surface area contributed by atoms with Crippen LogP contribution < -0.4 is 10.6 Å². The molecule has 0 aliphatic heterocycles. The van der Waals surface area contributed by atoms with Gasteiger partial charge in [0.1, 0.15) is 0 Å². The van der Waals surface area contributed by atoms with E-state index in [9.17, 15) is 9.59 Å². The highest BCUT2D eigenvalue weighted by Gasteiger charge is 2.30. The fourth-order valence-electron chi connectivity index (χ4n) is 3.59. The SMILES string of the molecule is CC(C)(C)Cc1noc2nc(C3CC3)cc(C(=O)NCCC(=O)NCc3ccncc3)c12. The first-order valence-corrected chi connectivity index (χ1v) is 11.0. The van der Waals surface area contributed by atoms with Gasteiger partial charge in [-0.25, -0.2) is 4.98 Å². The topological polar surface area (TPSA) is 110 Å². The minimum atomic E-state index is -0.236. The molecule has 0 saturated heterocycles. The molecule has 4 rings (SSSR count). The van der Waals surface area contributed by atoms with E-state index in [1.165, 1.54) is 0 Å². The normalized spacial score (nSPS) is 13.8. The van der Waals surface area contributed by atoms with Gasteiger partial charge >= 0.3 is 0 Å². The van der Waals surface area contributed by atoms with Crippen molar-refractivity contribution in [1.29, 1.82) is 0 Å². The summed E-state index contributed by atoms with van der Waals surface area (Å²) in [6.45, 7) is 7.02. The third-order valence-corrected chi connectivity index (χ3v) is 5.35. The van der Waals surface area contributed by atoms with Gasteiger partial charge in [-0.2, -0.15) is 0 Å². The third-order valence-electron chi connectivity index (χ3n) is 5.35. The fraction of sp³-hybridized carbons (Fsp3) is 0.458. The number of nitrogens with one attached hydrogen (secondary N) is 2. The smallest absolute Gasteiger partial charge is 0.259 e. The van der Waals surface area contributed by atoms with Crippen LogP contribution in [0.4, 0.5) is 0 Å². The highest BCUT2D eigenvalue weighted by molar-refractivity contribution is 6.06. The summed E-state index contributed by atoms with van der Waals surface area (Å²) in [7, 11) is 0. The molecule has 168 valence electrons. The second kappa shape index (κ2) is 9.06. The molecular formula is C24H29N5O3. The van der Waals surface area contributed by atoms with Gasteiger partial charge in [-0.05, 0) is 48.4 Å². The van der Waals surface area contributed by atoms with Gasteiger partial charge in [0.15, 0.2) is 0 Å². The van der Waals surface area contributed by atoms with Crippen molar-refractivity contribution < 1.29 is 14.1 Å². The number of rotatable bonds is 8. The number of aromatic nitrogens is 3. The predicted octanol–water partition coefficient (Wildman–Crippen LogP) is 3.52. The zero-order chi connectivity index (χ0) is 22.7. The molecular weight excluding hydrogens is 406 g/mol. The number of hydrogen-bond donors (Lipinski definition) is 2. The lowest BCUT2D eigenvalue weighted by Crippen LogP contribution is -2.30. The summed E-state index contributed by atoms with van der Waals surface area (Å²) in [5.74, 6) is 0.0136. The third kappa shape index (κ3) is 5.49. The van der Waals surface area contributed by atoms with E-state index in [0.29, 0.717) is 35.5 Å². The van der Waals surface area contributed by atoms with Crippen molar-refractivity contribution in [2.45, 2.75) is 58.9 Å². The number of nitrogens with zero attached hydrogens (tertiary/aromatic N) is 3. The van der Waals surface area contributed by atoms with Crippen molar-refractivity contribution in [2.75, 3.05) is 6.54 Å². The fourth-order valence-corrected chi connectivity index (χ4v) is 3.59. The molecule has 8 nitrogen and oxygen atoms in total. The maximum atomic E-state index is 13.1. The quantitative estimate of drug-likeness (QED) is 0.560. The summed E-state index contributed by atoms with van der Waals surface area (Å²) in [6, 6.07) is 5.56. The first-order chi connectivity index (χ1) is 15.3. The highest BCUT2D eigenvalue weighted by atomic mass is 16.5. The van der Waals surface area contributed by atoms with Crippen molar-refractivity contribution in [1.82, 2.24) is 25.8 Å². The van der Waals surface area contributed by atoms with Crippen molar-refractivity contribution >= 4 is 22.9 Å². The van der Waals surface area contributed by atoms with Gasteiger partial charge in [0.25, 0.3) is 11.6 Å². The maximum absolute atomic E-state index is 13.1. The summed E-state index contributed by atoms with van der Waals surface area (Å²) < 4.78 is 5.51. The van der Waals surface area contributed by atoms with Crippen LogP contribution in [-0.2, 0) is 17.8 Å². The van der Waals surface area contributed by atoms with Crippen molar-refractivity contribution in [3.05, 3.63) is 53.1 Å². The van der Waals surface area contributed by atoms with Gasteiger partial charge in [-0.15, -0.1) is 0 Å². The average molecular weight is 436 g/mol. The molecule has 3 aromatic rings. The molecule has 0 unspecified atom stereocenters. The van der Waals surface area contributed by atoms with Crippen molar-refractivity contribution in [3.8, 4) is 0 Å². The lowest BCUT2D eigenvalue weighted by atomic mass is 9.89. The predicted molar refractivity (Wildman–Crippen MR) is 120 cm³/mol. The van der Waals surface area contributed by atoms with Crippen LogP contribution in [0.3, 0.4) is 0 Å². The molecule has 0 bridgehead atoms. The molecule has 32 heavy (non-hydrogen) atoms. The highest BCUT2D eigenvalue weighted by Crippen LogP contribution is 2.40. The van der Waals surface area contributed by atoms with E-state index < -0.39 is 0 Å². The van der Waals surface area contributed by atoms with E-state index in [-0.39, 0.29) is 30.2 Å². The van der Waals surface area contributed by atoms with E-state index in [1.54, 1.807) is 12.4 Å². The summed E-state index contributed by atoms with van der Waals surface area (Å²) in [5, 5.41) is 10.6. The van der Waals surface area contributed by atoms with Crippen molar-refractivity contribution in [3.63, 3.8) is 0 Å². The number of pyridine rings is 2. The Morgan fingerprint density at radius 2 is 1.91 bits per heavy atom. The first kappa shape index (κ1) is 21.9. The lowest BCUT2D eigenvalue weighted by molar-refractivity contribution is -0.121. The van der Waals surface area contributed by atoms with Crippen molar-refractivity contribution in [2.24, 2.45) is 5.41 Å². The molecule has 0 radical (unpaired) electrons. The Balaban J connectivity index is 1.43. The molecule has 1 aliphatic carbocycles. The van der Waals surface area contributed by atoms with Crippen LogP contribution >= 0.6 is 0 Å². The minimum Gasteiger partial charge on any atom is -0.352 e. The molecule has 3 heterocycles. The van der Waals surface area contributed by atoms with Crippen LogP contribution in [0.15, 0.2) is 35.1 Å². The first-order valence-electron chi connectivity index (χ1n) is 11.0. The number of carbonyl (C=O) groups is 2. The summed E-state index contributed by atoms with van der Waals surface area (Å²) in [4.78, 5) is 33.8. The van der Waals surface area contributed by atoms with Gasteiger partial charge in [-0.1, -0.05) is 25.9 Å². The van der Waals surface area contributed by atoms with E-state index in [1.807, 2.05) is 18.2 Å². The Kier molecular flexibility index (Phi) is 6.21. The van der Waals surface area contributed by atoms with Crippen LogP contribution in [0, 0.1) is 5.41 Å². The van der Waals surface area contributed by atoms with E-state index >= 15 is 0 Å². The Morgan fingerprint density at radius 1 is 1.16 bits per heavy atom. The molecule has 3 aromatic heterocycles.